The Morgan fingerprint density at radius 2 is 1.79 bits per heavy atom. The number of amides is 2. The lowest BCUT2D eigenvalue weighted by molar-refractivity contribution is -0.884. The maximum atomic E-state index is 13.6. The van der Waals surface area contributed by atoms with E-state index in [1.807, 2.05) is 43.5 Å². The predicted octanol–water partition coefficient (Wildman–Crippen LogP) is 2.34. The lowest BCUT2D eigenvalue weighted by Gasteiger charge is -2.30. The SMILES string of the molecule is CC(=O)[C@@H]1[C@@H]2C(=O)N(c3cc(Cl)ccc3C)C(=O)[C@@H]2[C@H]2c3ccccc3C=C[NH+]12. The molecule has 2 saturated heterocycles. The Balaban J connectivity index is 1.67. The molecule has 0 aliphatic carbocycles. The van der Waals surface area contributed by atoms with Crippen LogP contribution in [-0.2, 0) is 14.4 Å². The van der Waals surface area contributed by atoms with Crippen molar-refractivity contribution in [3.63, 3.8) is 0 Å². The normalized spacial score (nSPS) is 29.6. The van der Waals surface area contributed by atoms with Gasteiger partial charge in [-0.25, -0.2) is 4.90 Å². The Kier molecular flexibility index (Phi) is 4.02. The molecule has 0 bridgehead atoms. The highest BCUT2D eigenvalue weighted by atomic mass is 35.5. The third-order valence-corrected chi connectivity index (χ3v) is 6.71. The van der Waals surface area contributed by atoms with Crippen molar-refractivity contribution in [2.75, 3.05) is 4.90 Å². The fourth-order valence-electron chi connectivity index (χ4n) is 5.28. The van der Waals surface area contributed by atoms with Gasteiger partial charge >= 0.3 is 0 Å². The molecule has 0 aromatic heterocycles. The molecule has 5 nitrogen and oxygen atoms in total. The van der Waals surface area contributed by atoms with Crippen molar-refractivity contribution in [2.24, 2.45) is 11.8 Å². The minimum Gasteiger partial charge on any atom is -0.293 e. The highest BCUT2D eigenvalue weighted by molar-refractivity contribution is 6.31. The zero-order valence-corrected chi connectivity index (χ0v) is 16.8. The maximum Gasteiger partial charge on any atom is 0.244 e. The van der Waals surface area contributed by atoms with Crippen molar-refractivity contribution in [3.8, 4) is 0 Å². The molecule has 2 amide bonds. The summed E-state index contributed by atoms with van der Waals surface area (Å²) in [7, 11) is 0. The van der Waals surface area contributed by atoms with Gasteiger partial charge in [-0.1, -0.05) is 41.9 Å². The zero-order valence-electron chi connectivity index (χ0n) is 16.1. The molecule has 1 unspecified atom stereocenters. The molecule has 3 aliphatic rings. The second-order valence-electron chi connectivity index (χ2n) is 8.02. The molecular weight excluding hydrogens is 388 g/mol. The monoisotopic (exact) mass is 407 g/mol. The molecule has 0 saturated carbocycles. The first kappa shape index (κ1) is 18.3. The van der Waals surface area contributed by atoms with E-state index in [9.17, 15) is 14.4 Å². The number of halogens is 1. The van der Waals surface area contributed by atoms with Crippen LogP contribution in [0.5, 0.6) is 0 Å². The van der Waals surface area contributed by atoms with Gasteiger partial charge in [-0.2, -0.15) is 0 Å². The fraction of sp³-hybridized carbons (Fsp3) is 0.261. The van der Waals surface area contributed by atoms with E-state index in [-0.39, 0.29) is 23.6 Å². The smallest absolute Gasteiger partial charge is 0.244 e. The van der Waals surface area contributed by atoms with Gasteiger partial charge in [-0.3, -0.25) is 19.3 Å². The van der Waals surface area contributed by atoms with Gasteiger partial charge in [0.25, 0.3) is 0 Å². The molecule has 1 N–H and O–H groups in total. The quantitative estimate of drug-likeness (QED) is 0.777. The van der Waals surface area contributed by atoms with Gasteiger partial charge in [0.2, 0.25) is 11.8 Å². The van der Waals surface area contributed by atoms with Crippen molar-refractivity contribution < 1.29 is 19.3 Å². The van der Waals surface area contributed by atoms with E-state index in [1.54, 1.807) is 18.2 Å². The first-order chi connectivity index (χ1) is 13.9. The molecule has 0 spiro atoms. The van der Waals surface area contributed by atoms with E-state index in [1.165, 1.54) is 11.8 Å². The van der Waals surface area contributed by atoms with Crippen LogP contribution in [0.3, 0.4) is 0 Å². The fourth-order valence-corrected chi connectivity index (χ4v) is 5.45. The van der Waals surface area contributed by atoms with E-state index < -0.39 is 17.9 Å². The Labute approximate surface area is 173 Å². The average molecular weight is 408 g/mol. The molecule has 29 heavy (non-hydrogen) atoms. The van der Waals surface area contributed by atoms with Crippen LogP contribution < -0.4 is 9.80 Å². The standard InChI is InChI=1S/C23H19ClN2O3/c1-12-7-8-15(24)11-17(12)26-22(28)18-19(23(26)29)21-16-6-4-3-5-14(16)9-10-25(21)20(18)13(2)27/h3-11,18-21H,1-2H3/p+1/t18-,19+,20-,21-/m1/s1. The summed E-state index contributed by atoms with van der Waals surface area (Å²) in [6.07, 6.45) is 3.92. The van der Waals surface area contributed by atoms with Gasteiger partial charge in [0.1, 0.15) is 17.9 Å². The maximum absolute atomic E-state index is 13.6. The number of imide groups is 1. The van der Waals surface area contributed by atoms with Gasteiger partial charge in [0, 0.05) is 17.5 Å². The molecule has 3 aliphatic heterocycles. The van der Waals surface area contributed by atoms with Gasteiger partial charge < -0.3 is 0 Å². The second kappa shape index (κ2) is 6.37. The molecule has 146 valence electrons. The molecule has 5 atom stereocenters. The third kappa shape index (κ3) is 2.47. The Morgan fingerprint density at radius 1 is 1.07 bits per heavy atom. The van der Waals surface area contributed by atoms with E-state index in [0.717, 1.165) is 21.6 Å². The number of fused-ring (bicyclic) bond motifs is 5. The number of benzene rings is 2. The molecular formula is C23H20ClN2O3+. The summed E-state index contributed by atoms with van der Waals surface area (Å²) in [6, 6.07) is 12.2. The molecule has 2 fully saturated rings. The molecule has 2 aromatic carbocycles. The average Bonchev–Trinajstić information content (AvgIpc) is 3.17. The van der Waals surface area contributed by atoms with Gasteiger partial charge in [0.05, 0.1) is 11.9 Å². The zero-order chi connectivity index (χ0) is 20.4. The van der Waals surface area contributed by atoms with Crippen LogP contribution in [0.25, 0.3) is 6.08 Å². The number of Topliss-reactive ketones (excluding diaryl/α,β-unsaturated/α-hetero) is 1. The highest BCUT2D eigenvalue weighted by Gasteiger charge is 2.67. The summed E-state index contributed by atoms with van der Waals surface area (Å²) in [4.78, 5) is 41.9. The highest BCUT2D eigenvalue weighted by Crippen LogP contribution is 2.45. The molecule has 3 heterocycles. The summed E-state index contributed by atoms with van der Waals surface area (Å²) in [5.41, 5.74) is 3.34. The number of aryl methyl sites for hydroxylation is 1. The van der Waals surface area contributed by atoms with E-state index in [4.69, 9.17) is 11.6 Å². The number of nitrogens with zero attached hydrogens (tertiary/aromatic N) is 1. The summed E-state index contributed by atoms with van der Waals surface area (Å²) in [5, 5.41) is 0.463. The van der Waals surface area contributed by atoms with Crippen LogP contribution in [0.1, 0.15) is 29.7 Å². The summed E-state index contributed by atoms with van der Waals surface area (Å²) >= 11 is 6.15. The number of hydrogen-bond acceptors (Lipinski definition) is 3. The van der Waals surface area contributed by atoms with Crippen molar-refractivity contribution in [1.82, 2.24) is 0 Å². The van der Waals surface area contributed by atoms with Gasteiger partial charge in [0.15, 0.2) is 11.8 Å². The number of hydrogen-bond donors (Lipinski definition) is 1. The number of nitrogens with one attached hydrogen (secondary N) is 1. The van der Waals surface area contributed by atoms with Crippen LogP contribution in [0.2, 0.25) is 5.02 Å². The lowest BCUT2D eigenvalue weighted by Crippen LogP contribution is -3.12. The summed E-state index contributed by atoms with van der Waals surface area (Å²) in [6.45, 7) is 3.36. The Hall–Kier alpha value is -2.76. The van der Waals surface area contributed by atoms with E-state index in [0.29, 0.717) is 10.7 Å². The largest absolute Gasteiger partial charge is 0.293 e. The first-order valence-corrected chi connectivity index (χ1v) is 10.1. The minimum atomic E-state index is -0.672. The van der Waals surface area contributed by atoms with Crippen molar-refractivity contribution in [2.45, 2.75) is 25.9 Å². The lowest BCUT2D eigenvalue weighted by atomic mass is 9.84. The molecule has 5 rings (SSSR count). The van der Waals surface area contributed by atoms with Crippen molar-refractivity contribution in [3.05, 3.63) is 70.4 Å². The second-order valence-corrected chi connectivity index (χ2v) is 8.46. The number of anilines is 1. The van der Waals surface area contributed by atoms with E-state index in [2.05, 4.69) is 0 Å². The molecule has 6 heteroatoms. The van der Waals surface area contributed by atoms with Crippen molar-refractivity contribution >= 4 is 41.0 Å². The van der Waals surface area contributed by atoms with Crippen LogP contribution in [0.15, 0.2) is 48.7 Å². The molecule has 2 aromatic rings. The van der Waals surface area contributed by atoms with Gasteiger partial charge in [-0.15, -0.1) is 0 Å². The number of carbonyl (C=O) groups excluding carboxylic acids is 3. The predicted molar refractivity (Wildman–Crippen MR) is 109 cm³/mol. The Bertz CT molecular complexity index is 1110. The topological polar surface area (TPSA) is 58.9 Å². The number of quaternary nitrogens is 1. The Morgan fingerprint density at radius 3 is 2.55 bits per heavy atom. The van der Waals surface area contributed by atoms with Gasteiger partial charge in [-0.05, 0) is 36.3 Å². The van der Waals surface area contributed by atoms with Crippen LogP contribution in [0, 0.1) is 18.8 Å². The molecule has 0 radical (unpaired) electrons. The van der Waals surface area contributed by atoms with Crippen LogP contribution >= 0.6 is 11.6 Å². The van der Waals surface area contributed by atoms with Crippen LogP contribution in [-0.4, -0.2) is 23.6 Å². The first-order valence-electron chi connectivity index (χ1n) is 9.68. The van der Waals surface area contributed by atoms with E-state index >= 15 is 0 Å². The van der Waals surface area contributed by atoms with Crippen LogP contribution in [0.4, 0.5) is 5.69 Å². The number of ketones is 1. The number of carbonyl (C=O) groups is 3. The summed E-state index contributed by atoms with van der Waals surface area (Å²) in [5.74, 6) is -1.88. The third-order valence-electron chi connectivity index (χ3n) is 6.47. The van der Waals surface area contributed by atoms with Crippen molar-refractivity contribution in [1.29, 1.82) is 0 Å². The number of rotatable bonds is 2. The minimum absolute atomic E-state index is 0.0765. The summed E-state index contributed by atoms with van der Waals surface area (Å²) < 4.78 is 0.